The Morgan fingerprint density at radius 3 is 2.70 bits per heavy atom. The molecule has 0 saturated carbocycles. The van der Waals surface area contributed by atoms with Crippen molar-refractivity contribution in [2.45, 2.75) is 13.0 Å². The van der Waals surface area contributed by atoms with Crippen LogP contribution in [0.3, 0.4) is 0 Å². The number of carbonyl (C=O) groups excluding carboxylic acids is 2. The third-order valence-electron chi connectivity index (χ3n) is 2.98. The molecule has 0 aliphatic carbocycles. The smallest absolute Gasteiger partial charge is 0.341 e. The van der Waals surface area contributed by atoms with Crippen LogP contribution < -0.4 is 11.1 Å². The van der Waals surface area contributed by atoms with E-state index in [1.807, 2.05) is 0 Å². The summed E-state index contributed by atoms with van der Waals surface area (Å²) in [7, 11) is 0. The highest BCUT2D eigenvalue weighted by Gasteiger charge is 2.20. The van der Waals surface area contributed by atoms with Gasteiger partial charge in [0, 0.05) is 20.9 Å². The standard InChI is InChI=1S/C16H14BrClN2O3/c1-9(15(21)20-12-4-2-3-11(18)8-12)23-16(22)13-7-10(17)5-6-14(13)19/h2-9H,19H2,1H3,(H,20,21)/t9-/m0/s1. The zero-order chi connectivity index (χ0) is 17.0. The molecule has 0 radical (unpaired) electrons. The average molecular weight is 398 g/mol. The Hall–Kier alpha value is -2.05. The van der Waals surface area contributed by atoms with Crippen LogP contribution in [0.1, 0.15) is 17.3 Å². The Balaban J connectivity index is 2.03. The number of halogens is 2. The molecule has 2 aromatic carbocycles. The third-order valence-corrected chi connectivity index (χ3v) is 3.71. The van der Waals surface area contributed by atoms with Crippen LogP contribution in [0.2, 0.25) is 5.02 Å². The largest absolute Gasteiger partial charge is 0.449 e. The van der Waals surface area contributed by atoms with E-state index in [-0.39, 0.29) is 11.3 Å². The van der Waals surface area contributed by atoms with E-state index >= 15 is 0 Å². The van der Waals surface area contributed by atoms with Crippen LogP contribution in [0.5, 0.6) is 0 Å². The molecule has 0 bridgehead atoms. The average Bonchev–Trinajstić information content (AvgIpc) is 2.49. The molecule has 1 atom stereocenters. The predicted molar refractivity (Wildman–Crippen MR) is 93.5 cm³/mol. The summed E-state index contributed by atoms with van der Waals surface area (Å²) in [6, 6.07) is 11.5. The van der Waals surface area contributed by atoms with Crippen LogP contribution >= 0.6 is 27.5 Å². The number of nitrogens with one attached hydrogen (secondary N) is 1. The molecule has 3 N–H and O–H groups in total. The monoisotopic (exact) mass is 396 g/mol. The van der Waals surface area contributed by atoms with E-state index in [0.29, 0.717) is 15.2 Å². The Morgan fingerprint density at radius 1 is 1.26 bits per heavy atom. The van der Waals surface area contributed by atoms with Crippen molar-refractivity contribution in [3.05, 3.63) is 57.5 Å². The first-order valence-electron chi connectivity index (χ1n) is 6.69. The summed E-state index contributed by atoms with van der Waals surface area (Å²) in [5.41, 5.74) is 6.74. The first-order valence-corrected chi connectivity index (χ1v) is 7.86. The van der Waals surface area contributed by atoms with E-state index in [1.165, 1.54) is 6.92 Å². The fourth-order valence-electron chi connectivity index (χ4n) is 1.79. The van der Waals surface area contributed by atoms with E-state index in [2.05, 4.69) is 21.2 Å². The van der Waals surface area contributed by atoms with Crippen molar-refractivity contribution in [2.24, 2.45) is 0 Å². The third kappa shape index (κ3) is 4.71. The van der Waals surface area contributed by atoms with Gasteiger partial charge in [0.2, 0.25) is 0 Å². The molecule has 0 aliphatic heterocycles. The van der Waals surface area contributed by atoms with Gasteiger partial charge in [-0.3, -0.25) is 4.79 Å². The quantitative estimate of drug-likeness (QED) is 0.606. The molecular formula is C16H14BrClN2O3. The second kappa shape index (κ2) is 7.48. The minimum atomic E-state index is -0.986. The Morgan fingerprint density at radius 2 is 2.00 bits per heavy atom. The summed E-state index contributed by atoms with van der Waals surface area (Å²) in [6.07, 6.45) is -0.986. The lowest BCUT2D eigenvalue weighted by Gasteiger charge is -2.14. The minimum Gasteiger partial charge on any atom is -0.449 e. The predicted octanol–water partition coefficient (Wildman–Crippen LogP) is 3.87. The molecule has 0 aromatic heterocycles. The second-order valence-electron chi connectivity index (χ2n) is 4.78. The number of nitrogen functional groups attached to an aromatic ring is 1. The topological polar surface area (TPSA) is 81.4 Å². The molecule has 0 saturated heterocycles. The number of rotatable bonds is 4. The van der Waals surface area contributed by atoms with Gasteiger partial charge >= 0.3 is 5.97 Å². The van der Waals surface area contributed by atoms with Crippen LogP contribution in [0.15, 0.2) is 46.9 Å². The van der Waals surface area contributed by atoms with Gasteiger partial charge in [0.15, 0.2) is 6.10 Å². The van der Waals surface area contributed by atoms with Crippen molar-refractivity contribution in [3.63, 3.8) is 0 Å². The van der Waals surface area contributed by atoms with Crippen molar-refractivity contribution >= 4 is 50.8 Å². The van der Waals surface area contributed by atoms with E-state index in [9.17, 15) is 9.59 Å². The summed E-state index contributed by atoms with van der Waals surface area (Å²) in [5, 5.41) is 3.12. The summed E-state index contributed by atoms with van der Waals surface area (Å²) < 4.78 is 5.84. The van der Waals surface area contributed by atoms with Crippen LogP contribution in [0.4, 0.5) is 11.4 Å². The summed E-state index contributed by atoms with van der Waals surface area (Å²) in [5.74, 6) is -1.13. The van der Waals surface area contributed by atoms with Gasteiger partial charge in [-0.1, -0.05) is 33.6 Å². The highest BCUT2D eigenvalue weighted by atomic mass is 79.9. The maximum atomic E-state index is 12.1. The van der Waals surface area contributed by atoms with Gasteiger partial charge in [0.1, 0.15) is 0 Å². The van der Waals surface area contributed by atoms with Crippen LogP contribution in [-0.2, 0) is 9.53 Å². The van der Waals surface area contributed by atoms with Crippen molar-refractivity contribution in [1.82, 2.24) is 0 Å². The van der Waals surface area contributed by atoms with Crippen LogP contribution in [-0.4, -0.2) is 18.0 Å². The van der Waals surface area contributed by atoms with E-state index < -0.39 is 18.0 Å². The van der Waals surface area contributed by atoms with Crippen LogP contribution in [0, 0.1) is 0 Å². The molecule has 2 rings (SSSR count). The number of hydrogen-bond donors (Lipinski definition) is 2. The molecule has 1 amide bonds. The molecule has 2 aromatic rings. The normalized spacial score (nSPS) is 11.6. The van der Waals surface area contributed by atoms with Gasteiger partial charge in [-0.2, -0.15) is 0 Å². The summed E-state index contributed by atoms with van der Waals surface area (Å²) in [4.78, 5) is 24.2. The Bertz CT molecular complexity index is 752. The summed E-state index contributed by atoms with van der Waals surface area (Å²) >= 11 is 9.11. The van der Waals surface area contributed by atoms with Crippen molar-refractivity contribution < 1.29 is 14.3 Å². The Labute approximate surface area is 146 Å². The van der Waals surface area contributed by atoms with Gasteiger partial charge in [0.25, 0.3) is 5.91 Å². The van der Waals surface area contributed by atoms with E-state index in [4.69, 9.17) is 22.1 Å². The molecule has 23 heavy (non-hydrogen) atoms. The number of hydrogen-bond acceptors (Lipinski definition) is 4. The number of carbonyl (C=O) groups is 2. The van der Waals surface area contributed by atoms with Gasteiger partial charge in [0.05, 0.1) is 5.56 Å². The van der Waals surface area contributed by atoms with Gasteiger partial charge < -0.3 is 15.8 Å². The number of anilines is 2. The summed E-state index contributed by atoms with van der Waals surface area (Å²) in [6.45, 7) is 1.48. The number of esters is 1. The molecule has 0 unspecified atom stereocenters. The minimum absolute atomic E-state index is 0.196. The molecule has 0 aliphatic rings. The lowest BCUT2D eigenvalue weighted by Crippen LogP contribution is -2.30. The van der Waals surface area contributed by atoms with Crippen molar-refractivity contribution in [1.29, 1.82) is 0 Å². The number of benzene rings is 2. The van der Waals surface area contributed by atoms with E-state index in [0.717, 1.165) is 0 Å². The Kier molecular flexibility index (Phi) is 5.63. The number of ether oxygens (including phenoxy) is 1. The van der Waals surface area contributed by atoms with Crippen LogP contribution in [0.25, 0.3) is 0 Å². The number of amides is 1. The zero-order valence-electron chi connectivity index (χ0n) is 12.2. The fourth-order valence-corrected chi connectivity index (χ4v) is 2.34. The van der Waals surface area contributed by atoms with Gasteiger partial charge in [-0.15, -0.1) is 0 Å². The lowest BCUT2D eigenvalue weighted by atomic mass is 10.2. The molecular weight excluding hydrogens is 384 g/mol. The first kappa shape index (κ1) is 17.3. The number of nitrogens with two attached hydrogens (primary N) is 1. The maximum absolute atomic E-state index is 12.1. The van der Waals surface area contributed by atoms with E-state index in [1.54, 1.807) is 42.5 Å². The lowest BCUT2D eigenvalue weighted by molar-refractivity contribution is -0.123. The fraction of sp³-hybridized carbons (Fsp3) is 0.125. The SMILES string of the molecule is C[C@H](OC(=O)c1cc(Br)ccc1N)C(=O)Nc1cccc(Cl)c1. The molecule has 5 nitrogen and oxygen atoms in total. The molecule has 0 spiro atoms. The highest BCUT2D eigenvalue weighted by Crippen LogP contribution is 2.20. The van der Waals surface area contributed by atoms with Crippen molar-refractivity contribution in [2.75, 3.05) is 11.1 Å². The first-order chi connectivity index (χ1) is 10.9. The second-order valence-corrected chi connectivity index (χ2v) is 6.13. The molecule has 0 heterocycles. The molecule has 120 valence electrons. The van der Waals surface area contributed by atoms with Gasteiger partial charge in [-0.05, 0) is 43.3 Å². The maximum Gasteiger partial charge on any atom is 0.341 e. The van der Waals surface area contributed by atoms with Crippen molar-refractivity contribution in [3.8, 4) is 0 Å². The zero-order valence-corrected chi connectivity index (χ0v) is 14.5. The van der Waals surface area contributed by atoms with Gasteiger partial charge in [-0.25, -0.2) is 4.79 Å². The molecule has 0 fully saturated rings. The molecule has 7 heteroatoms. The highest BCUT2D eigenvalue weighted by molar-refractivity contribution is 9.10.